The lowest BCUT2D eigenvalue weighted by Gasteiger charge is -2.18. The number of halogens is 1. The molecule has 0 saturated carbocycles. The van der Waals surface area contributed by atoms with Crippen LogP contribution in [0.25, 0.3) is 0 Å². The average Bonchev–Trinajstić information content (AvgIpc) is 2.82. The van der Waals surface area contributed by atoms with Crippen molar-refractivity contribution in [1.82, 2.24) is 9.88 Å². The molecule has 1 aliphatic heterocycles. The number of nitrogens with one attached hydrogen (secondary N) is 1. The number of hydrogen-bond donors (Lipinski definition) is 1. The second kappa shape index (κ2) is 6.58. The summed E-state index contributed by atoms with van der Waals surface area (Å²) in [4.78, 5) is 7.08. The van der Waals surface area contributed by atoms with E-state index in [1.54, 1.807) is 0 Å². The molecule has 1 atom stereocenters. The van der Waals surface area contributed by atoms with E-state index < -0.39 is 0 Å². The molecular weight excluding hydrogens is 258 g/mol. The highest BCUT2D eigenvalue weighted by atomic mass is 35.5. The lowest BCUT2D eigenvalue weighted by Crippen LogP contribution is -2.22. The average molecular weight is 282 g/mol. The second-order valence-corrected chi connectivity index (χ2v) is 6.09. The maximum Gasteiger partial charge on any atom is 0.126 e. The molecule has 1 aliphatic rings. The van der Waals surface area contributed by atoms with Crippen LogP contribution in [-0.4, -0.2) is 29.5 Å². The monoisotopic (exact) mass is 281 g/mol. The third-order valence-corrected chi connectivity index (χ3v) is 4.25. The van der Waals surface area contributed by atoms with Crippen molar-refractivity contribution in [2.45, 2.75) is 33.7 Å². The summed E-state index contributed by atoms with van der Waals surface area (Å²) in [5.74, 6) is 2.50. The standard InChI is InChI=1S/C15H24ClN3/c1-4-17-15-6-5-13(16)14(18-15)10-19-8-7-12(9-19)11(2)3/h5-6,11-12H,4,7-10H2,1-3H3,(H,17,18). The Bertz CT molecular complexity index is 420. The van der Waals surface area contributed by atoms with Crippen LogP contribution in [0.5, 0.6) is 0 Å². The highest BCUT2D eigenvalue weighted by Gasteiger charge is 2.25. The predicted octanol–water partition coefficient (Wildman–Crippen LogP) is 3.64. The molecule has 0 aromatic carbocycles. The molecule has 0 radical (unpaired) electrons. The third kappa shape index (κ3) is 3.83. The van der Waals surface area contributed by atoms with Gasteiger partial charge in [0.1, 0.15) is 5.82 Å². The molecule has 1 N–H and O–H groups in total. The summed E-state index contributed by atoms with van der Waals surface area (Å²) < 4.78 is 0. The van der Waals surface area contributed by atoms with Gasteiger partial charge in [-0.05, 0) is 43.9 Å². The van der Waals surface area contributed by atoms with Crippen LogP contribution < -0.4 is 5.32 Å². The molecule has 1 aromatic heterocycles. The minimum absolute atomic E-state index is 0.765. The molecule has 0 amide bonds. The Morgan fingerprint density at radius 3 is 2.89 bits per heavy atom. The summed E-state index contributed by atoms with van der Waals surface area (Å²) >= 11 is 6.26. The first-order valence-corrected chi connectivity index (χ1v) is 7.59. The first kappa shape index (κ1) is 14.6. The van der Waals surface area contributed by atoms with Crippen molar-refractivity contribution in [3.8, 4) is 0 Å². The van der Waals surface area contributed by atoms with Crippen molar-refractivity contribution in [1.29, 1.82) is 0 Å². The Labute approximate surface area is 121 Å². The Kier molecular flexibility index (Phi) is 5.06. The minimum atomic E-state index is 0.765. The van der Waals surface area contributed by atoms with E-state index in [4.69, 9.17) is 11.6 Å². The highest BCUT2D eigenvalue weighted by Crippen LogP contribution is 2.26. The predicted molar refractivity (Wildman–Crippen MR) is 81.6 cm³/mol. The number of nitrogens with zero attached hydrogens (tertiary/aromatic N) is 2. The molecule has 1 unspecified atom stereocenters. The smallest absolute Gasteiger partial charge is 0.126 e. The summed E-state index contributed by atoms with van der Waals surface area (Å²) in [6.07, 6.45) is 1.29. The summed E-state index contributed by atoms with van der Waals surface area (Å²) in [7, 11) is 0. The quantitative estimate of drug-likeness (QED) is 0.893. The van der Waals surface area contributed by atoms with Gasteiger partial charge < -0.3 is 5.32 Å². The summed E-state index contributed by atoms with van der Waals surface area (Å²) in [6.45, 7) is 10.8. The van der Waals surface area contributed by atoms with Crippen molar-refractivity contribution < 1.29 is 0 Å². The fourth-order valence-corrected chi connectivity index (χ4v) is 2.80. The van der Waals surface area contributed by atoms with Crippen molar-refractivity contribution >= 4 is 17.4 Å². The van der Waals surface area contributed by atoms with Crippen LogP contribution in [0.15, 0.2) is 12.1 Å². The topological polar surface area (TPSA) is 28.2 Å². The van der Waals surface area contributed by atoms with E-state index in [1.165, 1.54) is 13.0 Å². The molecule has 0 aliphatic carbocycles. The van der Waals surface area contributed by atoms with Gasteiger partial charge in [-0.15, -0.1) is 0 Å². The van der Waals surface area contributed by atoms with E-state index in [9.17, 15) is 0 Å². The fourth-order valence-electron chi connectivity index (χ4n) is 2.64. The van der Waals surface area contributed by atoms with E-state index >= 15 is 0 Å². The van der Waals surface area contributed by atoms with Crippen LogP contribution in [0, 0.1) is 11.8 Å². The maximum atomic E-state index is 6.26. The van der Waals surface area contributed by atoms with Crippen LogP contribution in [0.1, 0.15) is 32.9 Å². The molecule has 4 heteroatoms. The summed E-state index contributed by atoms with van der Waals surface area (Å²) in [5, 5.41) is 4.01. The van der Waals surface area contributed by atoms with E-state index in [0.717, 1.165) is 48.0 Å². The molecule has 1 aromatic rings. The molecule has 0 spiro atoms. The molecule has 1 fully saturated rings. The normalized spacial score (nSPS) is 20.2. The second-order valence-electron chi connectivity index (χ2n) is 5.68. The number of aromatic nitrogens is 1. The lowest BCUT2D eigenvalue weighted by molar-refractivity contribution is 0.294. The molecule has 19 heavy (non-hydrogen) atoms. The van der Waals surface area contributed by atoms with Crippen molar-refractivity contribution in [3.63, 3.8) is 0 Å². The van der Waals surface area contributed by atoms with Crippen LogP contribution >= 0.6 is 11.6 Å². The van der Waals surface area contributed by atoms with Gasteiger partial charge in [0.15, 0.2) is 0 Å². The van der Waals surface area contributed by atoms with Gasteiger partial charge in [0.05, 0.1) is 10.7 Å². The largest absolute Gasteiger partial charge is 0.370 e. The van der Waals surface area contributed by atoms with Crippen molar-refractivity contribution in [2.24, 2.45) is 11.8 Å². The Morgan fingerprint density at radius 2 is 2.26 bits per heavy atom. The van der Waals surface area contributed by atoms with Gasteiger partial charge in [0.2, 0.25) is 0 Å². The van der Waals surface area contributed by atoms with Gasteiger partial charge in [-0.25, -0.2) is 4.98 Å². The Hall–Kier alpha value is -0.800. The lowest BCUT2D eigenvalue weighted by atomic mass is 9.95. The van der Waals surface area contributed by atoms with Crippen LogP contribution in [0.4, 0.5) is 5.82 Å². The molecule has 0 bridgehead atoms. The summed E-state index contributed by atoms with van der Waals surface area (Å²) in [5.41, 5.74) is 0.990. The maximum absolute atomic E-state index is 6.26. The van der Waals surface area contributed by atoms with Gasteiger partial charge in [0.25, 0.3) is 0 Å². The number of anilines is 1. The van der Waals surface area contributed by atoms with Crippen LogP contribution in [0.2, 0.25) is 5.02 Å². The summed E-state index contributed by atoms with van der Waals surface area (Å²) in [6, 6.07) is 3.88. The Morgan fingerprint density at radius 1 is 1.47 bits per heavy atom. The van der Waals surface area contributed by atoms with Crippen molar-refractivity contribution in [2.75, 3.05) is 25.0 Å². The van der Waals surface area contributed by atoms with E-state index in [0.29, 0.717) is 0 Å². The molecule has 2 rings (SSSR count). The minimum Gasteiger partial charge on any atom is -0.370 e. The molecule has 1 saturated heterocycles. The molecule has 3 nitrogen and oxygen atoms in total. The highest BCUT2D eigenvalue weighted by molar-refractivity contribution is 6.31. The Balaban J connectivity index is 2.01. The first-order chi connectivity index (χ1) is 9.10. The molecular formula is C15H24ClN3. The van der Waals surface area contributed by atoms with Gasteiger partial charge in [0, 0.05) is 19.6 Å². The zero-order valence-corrected chi connectivity index (χ0v) is 12.9. The zero-order chi connectivity index (χ0) is 13.8. The third-order valence-electron chi connectivity index (χ3n) is 3.90. The number of pyridine rings is 1. The van der Waals surface area contributed by atoms with Gasteiger partial charge >= 0.3 is 0 Å². The number of likely N-dealkylation sites (tertiary alicyclic amines) is 1. The fraction of sp³-hybridized carbons (Fsp3) is 0.667. The number of hydrogen-bond acceptors (Lipinski definition) is 3. The van der Waals surface area contributed by atoms with Gasteiger partial charge in [-0.3, -0.25) is 4.90 Å². The first-order valence-electron chi connectivity index (χ1n) is 7.21. The number of rotatable bonds is 5. The van der Waals surface area contributed by atoms with E-state index in [2.05, 4.69) is 36.0 Å². The molecule has 2 heterocycles. The van der Waals surface area contributed by atoms with Gasteiger partial charge in [-0.1, -0.05) is 25.4 Å². The van der Waals surface area contributed by atoms with E-state index in [1.807, 2.05) is 12.1 Å². The van der Waals surface area contributed by atoms with E-state index in [-0.39, 0.29) is 0 Å². The van der Waals surface area contributed by atoms with Crippen LogP contribution in [-0.2, 0) is 6.54 Å². The molecule has 106 valence electrons. The SMILES string of the molecule is CCNc1ccc(Cl)c(CN2CCC(C(C)C)C2)n1. The van der Waals surface area contributed by atoms with Gasteiger partial charge in [-0.2, -0.15) is 0 Å². The van der Waals surface area contributed by atoms with Crippen LogP contribution in [0.3, 0.4) is 0 Å². The van der Waals surface area contributed by atoms with Crippen molar-refractivity contribution in [3.05, 3.63) is 22.8 Å². The zero-order valence-electron chi connectivity index (χ0n) is 12.1.